The summed E-state index contributed by atoms with van der Waals surface area (Å²) >= 11 is 0. The number of pyridine rings is 1. The molecule has 0 saturated carbocycles. The van der Waals surface area contributed by atoms with Crippen molar-refractivity contribution in [2.75, 3.05) is 5.32 Å². The predicted octanol–water partition coefficient (Wildman–Crippen LogP) is 2.71. The molecule has 31 heavy (non-hydrogen) atoms. The highest BCUT2D eigenvalue weighted by atomic mass is 19.4. The lowest BCUT2D eigenvalue weighted by Crippen LogP contribution is -2.32. The number of nitrogens with zero attached hydrogens (tertiary/aromatic N) is 5. The Labute approximate surface area is 173 Å². The first-order valence-electron chi connectivity index (χ1n) is 8.72. The first kappa shape index (κ1) is 21.5. The monoisotopic (exact) mass is 426 g/mol. The van der Waals surface area contributed by atoms with Crippen molar-refractivity contribution in [3.05, 3.63) is 65.6 Å². The third-order valence-electron chi connectivity index (χ3n) is 4.16. The molecular weight excluding hydrogens is 413 g/mol. The van der Waals surface area contributed by atoms with Gasteiger partial charge < -0.3 is 10.4 Å². The van der Waals surface area contributed by atoms with Gasteiger partial charge in [0.1, 0.15) is 17.8 Å². The van der Waals surface area contributed by atoms with Crippen molar-refractivity contribution in [3.8, 4) is 23.4 Å². The molecule has 0 aliphatic heterocycles. The zero-order valence-electron chi connectivity index (χ0n) is 15.6. The van der Waals surface area contributed by atoms with E-state index in [-0.39, 0.29) is 17.8 Å². The molecular formula is C20H13F3N6O2. The second kappa shape index (κ2) is 8.65. The summed E-state index contributed by atoms with van der Waals surface area (Å²) in [6, 6.07) is 12.7. The lowest BCUT2D eigenvalue weighted by Gasteiger charge is -2.13. The lowest BCUT2D eigenvalue weighted by molar-refractivity contribution is -0.138. The molecule has 0 radical (unpaired) electrons. The number of anilines is 1. The number of halogens is 3. The van der Waals surface area contributed by atoms with Crippen LogP contribution in [0, 0.1) is 22.7 Å². The Morgan fingerprint density at radius 3 is 2.55 bits per heavy atom. The van der Waals surface area contributed by atoms with E-state index in [1.54, 1.807) is 30.3 Å². The molecule has 8 nitrogen and oxygen atoms in total. The molecule has 0 aliphatic rings. The maximum atomic E-state index is 13.0. The van der Waals surface area contributed by atoms with E-state index in [1.807, 2.05) is 6.07 Å². The van der Waals surface area contributed by atoms with Crippen LogP contribution in [0.25, 0.3) is 11.3 Å². The van der Waals surface area contributed by atoms with Crippen molar-refractivity contribution in [2.45, 2.75) is 18.8 Å². The number of hydrogen-bond acceptors (Lipinski definition) is 6. The highest BCUT2D eigenvalue weighted by Crippen LogP contribution is 2.32. The highest BCUT2D eigenvalue weighted by molar-refractivity contribution is 5.93. The van der Waals surface area contributed by atoms with E-state index in [9.17, 15) is 28.3 Å². The standard InChI is InChI=1S/C20H13F3N6O2/c21-20(22,23)15-6-14(9-26-16(15)8-25)27-19(31)17(30)11-29-10-13(7-24)18(28-29)12-4-2-1-3-5-12/h1-6,9-10,17,30H,11H2,(H,27,31)/t17-/m0/s1. The van der Waals surface area contributed by atoms with E-state index in [1.165, 1.54) is 16.9 Å². The second-order valence-corrected chi connectivity index (χ2v) is 6.33. The number of aromatic nitrogens is 3. The summed E-state index contributed by atoms with van der Waals surface area (Å²) in [7, 11) is 0. The van der Waals surface area contributed by atoms with Crippen molar-refractivity contribution in [1.29, 1.82) is 10.5 Å². The molecule has 3 aromatic rings. The molecule has 156 valence electrons. The average Bonchev–Trinajstić information content (AvgIpc) is 3.16. The smallest absolute Gasteiger partial charge is 0.381 e. The van der Waals surface area contributed by atoms with Crippen LogP contribution >= 0.6 is 0 Å². The van der Waals surface area contributed by atoms with Gasteiger partial charge in [-0.15, -0.1) is 0 Å². The van der Waals surface area contributed by atoms with Crippen LogP contribution < -0.4 is 5.32 Å². The second-order valence-electron chi connectivity index (χ2n) is 6.33. The van der Waals surface area contributed by atoms with Gasteiger partial charge in [0.2, 0.25) is 0 Å². The maximum Gasteiger partial charge on any atom is 0.419 e. The van der Waals surface area contributed by atoms with Gasteiger partial charge in [-0.1, -0.05) is 30.3 Å². The largest absolute Gasteiger partial charge is 0.419 e. The summed E-state index contributed by atoms with van der Waals surface area (Å²) in [5, 5.41) is 34.5. The minimum Gasteiger partial charge on any atom is -0.381 e. The van der Waals surface area contributed by atoms with Gasteiger partial charge >= 0.3 is 6.18 Å². The Bertz CT molecular complexity index is 1190. The van der Waals surface area contributed by atoms with E-state index < -0.39 is 29.4 Å². The van der Waals surface area contributed by atoms with Crippen LogP contribution in [-0.4, -0.2) is 31.9 Å². The Kier molecular flexibility index (Phi) is 6.00. The SMILES string of the molecule is N#Cc1cn(C[C@H](O)C(=O)Nc2cnc(C#N)c(C(F)(F)F)c2)nc1-c1ccccc1. The summed E-state index contributed by atoms with van der Waals surface area (Å²) in [5.74, 6) is -1.00. The number of benzene rings is 1. The first-order valence-corrected chi connectivity index (χ1v) is 8.72. The average molecular weight is 426 g/mol. The molecule has 11 heteroatoms. The van der Waals surface area contributed by atoms with Gasteiger partial charge in [-0.2, -0.15) is 28.8 Å². The minimum absolute atomic E-state index is 0.227. The van der Waals surface area contributed by atoms with Crippen molar-refractivity contribution in [2.24, 2.45) is 0 Å². The summed E-state index contributed by atoms with van der Waals surface area (Å²) in [6.07, 6.45) is -4.29. The molecule has 1 aromatic carbocycles. The maximum absolute atomic E-state index is 13.0. The Morgan fingerprint density at radius 2 is 1.94 bits per heavy atom. The number of aliphatic hydroxyl groups excluding tert-OH is 1. The number of aliphatic hydroxyl groups is 1. The van der Waals surface area contributed by atoms with Crippen LogP contribution in [0.3, 0.4) is 0 Å². The van der Waals surface area contributed by atoms with Crippen LogP contribution in [0.15, 0.2) is 48.8 Å². The number of carbonyl (C=O) groups excluding carboxylic acids is 1. The number of amides is 1. The van der Waals surface area contributed by atoms with E-state index in [0.717, 1.165) is 6.20 Å². The number of rotatable bonds is 5. The number of nitriles is 2. The zero-order chi connectivity index (χ0) is 22.6. The van der Waals surface area contributed by atoms with Gasteiger partial charge in [0.05, 0.1) is 29.6 Å². The van der Waals surface area contributed by atoms with Crippen molar-refractivity contribution in [1.82, 2.24) is 14.8 Å². The van der Waals surface area contributed by atoms with Gasteiger partial charge in [-0.3, -0.25) is 9.48 Å². The van der Waals surface area contributed by atoms with Gasteiger partial charge in [0, 0.05) is 11.8 Å². The van der Waals surface area contributed by atoms with Crippen LogP contribution in [0.1, 0.15) is 16.8 Å². The molecule has 3 rings (SSSR count). The molecule has 1 atom stereocenters. The van der Waals surface area contributed by atoms with Gasteiger partial charge in [-0.25, -0.2) is 4.98 Å². The number of alkyl halides is 3. The summed E-state index contributed by atoms with van der Waals surface area (Å²) < 4.78 is 40.3. The van der Waals surface area contributed by atoms with E-state index in [0.29, 0.717) is 17.3 Å². The summed E-state index contributed by atoms with van der Waals surface area (Å²) in [6.45, 7) is -0.344. The summed E-state index contributed by atoms with van der Waals surface area (Å²) in [5.41, 5.74) is -1.22. The quantitative estimate of drug-likeness (QED) is 0.646. The molecule has 0 aliphatic carbocycles. The zero-order valence-corrected chi connectivity index (χ0v) is 15.6. The van der Waals surface area contributed by atoms with Gasteiger partial charge in [0.25, 0.3) is 5.91 Å². The topological polar surface area (TPSA) is 128 Å². The van der Waals surface area contributed by atoms with Crippen LogP contribution in [0.2, 0.25) is 0 Å². The molecule has 0 fully saturated rings. The fourth-order valence-electron chi connectivity index (χ4n) is 2.73. The Hall–Kier alpha value is -4.22. The van der Waals surface area contributed by atoms with Crippen LogP contribution in [0.4, 0.5) is 18.9 Å². The number of carbonyl (C=O) groups is 1. The number of hydrogen-bond donors (Lipinski definition) is 2. The fraction of sp³-hybridized carbons (Fsp3) is 0.150. The minimum atomic E-state index is -4.84. The fourth-order valence-corrected chi connectivity index (χ4v) is 2.73. The summed E-state index contributed by atoms with van der Waals surface area (Å²) in [4.78, 5) is 15.6. The molecule has 2 aromatic heterocycles. The molecule has 0 unspecified atom stereocenters. The predicted molar refractivity (Wildman–Crippen MR) is 101 cm³/mol. The van der Waals surface area contributed by atoms with Crippen LogP contribution in [0.5, 0.6) is 0 Å². The van der Waals surface area contributed by atoms with E-state index in [2.05, 4.69) is 15.4 Å². The molecule has 0 spiro atoms. The first-order chi connectivity index (χ1) is 14.7. The van der Waals surface area contributed by atoms with E-state index >= 15 is 0 Å². The van der Waals surface area contributed by atoms with Crippen molar-refractivity contribution in [3.63, 3.8) is 0 Å². The molecule has 1 amide bonds. The van der Waals surface area contributed by atoms with Gasteiger partial charge in [0.15, 0.2) is 11.8 Å². The van der Waals surface area contributed by atoms with Crippen LogP contribution in [-0.2, 0) is 17.5 Å². The molecule has 2 heterocycles. The third kappa shape index (κ3) is 4.86. The highest BCUT2D eigenvalue weighted by Gasteiger charge is 2.35. The van der Waals surface area contributed by atoms with Crippen molar-refractivity contribution < 1.29 is 23.1 Å². The molecule has 0 bridgehead atoms. The van der Waals surface area contributed by atoms with E-state index in [4.69, 9.17) is 5.26 Å². The lowest BCUT2D eigenvalue weighted by atomic mass is 10.1. The van der Waals surface area contributed by atoms with Crippen molar-refractivity contribution >= 4 is 11.6 Å². The normalized spacial score (nSPS) is 11.9. The number of nitrogens with one attached hydrogen (secondary N) is 1. The molecule has 2 N–H and O–H groups in total. The Morgan fingerprint density at radius 1 is 1.23 bits per heavy atom. The molecule has 0 saturated heterocycles. The van der Waals surface area contributed by atoms with Gasteiger partial charge in [-0.05, 0) is 6.07 Å². The Balaban J connectivity index is 1.76. The third-order valence-corrected chi connectivity index (χ3v) is 4.16.